The Morgan fingerprint density at radius 3 is 2.52 bits per heavy atom. The van der Waals surface area contributed by atoms with Crippen LogP contribution in [-0.2, 0) is 20.9 Å². The Kier molecular flexibility index (Phi) is 9.53. The maximum absolute atomic E-state index is 14.1. The van der Waals surface area contributed by atoms with Gasteiger partial charge in [-0.3, -0.25) is 9.36 Å². The van der Waals surface area contributed by atoms with Crippen molar-refractivity contribution in [2.24, 2.45) is 4.99 Å². The first-order valence-corrected chi connectivity index (χ1v) is 15.1. The van der Waals surface area contributed by atoms with Crippen LogP contribution in [0.15, 0.2) is 93.9 Å². The number of ether oxygens (including phenoxy) is 3. The smallest absolute Gasteiger partial charge is 0.338 e. The van der Waals surface area contributed by atoms with Gasteiger partial charge >= 0.3 is 5.97 Å². The third kappa shape index (κ3) is 6.42. The number of fused-ring (bicyclic) bond motifs is 1. The number of aromatic nitrogens is 1. The summed E-state index contributed by atoms with van der Waals surface area (Å²) >= 11 is 1.25. The molecule has 0 amide bonds. The van der Waals surface area contributed by atoms with Gasteiger partial charge in [-0.15, -0.1) is 0 Å². The third-order valence-electron chi connectivity index (χ3n) is 7.41. The molecule has 0 aliphatic carbocycles. The van der Waals surface area contributed by atoms with Gasteiger partial charge in [0.1, 0.15) is 19.0 Å². The van der Waals surface area contributed by atoms with Crippen LogP contribution in [-0.4, -0.2) is 30.9 Å². The van der Waals surface area contributed by atoms with Crippen LogP contribution in [0.25, 0.3) is 6.08 Å². The minimum absolute atomic E-state index is 0.0885. The van der Waals surface area contributed by atoms with E-state index in [1.165, 1.54) is 18.4 Å². The minimum atomic E-state index is -0.710. The lowest BCUT2D eigenvalue weighted by Crippen LogP contribution is -2.40. The number of esters is 1. The molecule has 0 spiro atoms. The molecule has 44 heavy (non-hydrogen) atoms. The van der Waals surface area contributed by atoms with Crippen LogP contribution in [0.4, 0.5) is 0 Å². The van der Waals surface area contributed by atoms with Gasteiger partial charge in [0, 0.05) is 18.2 Å². The summed E-state index contributed by atoms with van der Waals surface area (Å²) in [7, 11) is 1.54. The summed E-state index contributed by atoms with van der Waals surface area (Å²) in [5, 5.41) is 9.45. The number of carbonyl (C=O) groups excluding carboxylic acids is 1. The first-order chi connectivity index (χ1) is 21.3. The lowest BCUT2D eigenvalue weighted by Gasteiger charge is -2.25. The second-order valence-corrected chi connectivity index (χ2v) is 11.6. The summed E-state index contributed by atoms with van der Waals surface area (Å²) in [5.74, 6) is 0.370. The molecule has 0 radical (unpaired) electrons. The maximum Gasteiger partial charge on any atom is 0.338 e. The lowest BCUT2D eigenvalue weighted by molar-refractivity contribution is -0.140. The number of carbonyl (C=O) groups is 1. The molecule has 5 rings (SSSR count). The summed E-state index contributed by atoms with van der Waals surface area (Å²) in [4.78, 5) is 32.7. The highest BCUT2D eigenvalue weighted by molar-refractivity contribution is 7.07. The van der Waals surface area contributed by atoms with Crippen LogP contribution in [0.2, 0.25) is 0 Å². The van der Waals surface area contributed by atoms with E-state index in [9.17, 15) is 14.9 Å². The fourth-order valence-electron chi connectivity index (χ4n) is 5.04. The number of thiazole rings is 1. The van der Waals surface area contributed by atoms with Crippen molar-refractivity contribution in [2.75, 3.05) is 20.3 Å². The van der Waals surface area contributed by atoms with Gasteiger partial charge in [-0.05, 0) is 42.2 Å². The van der Waals surface area contributed by atoms with Gasteiger partial charge in [0.05, 0.1) is 40.1 Å². The van der Waals surface area contributed by atoms with Gasteiger partial charge < -0.3 is 14.2 Å². The lowest BCUT2D eigenvalue weighted by atomic mass is 9.93. The average molecular weight is 608 g/mol. The van der Waals surface area contributed by atoms with Crippen molar-refractivity contribution in [1.29, 1.82) is 5.26 Å². The molecule has 0 bridgehead atoms. The second kappa shape index (κ2) is 13.7. The molecule has 224 valence electrons. The van der Waals surface area contributed by atoms with Crippen molar-refractivity contribution >= 4 is 23.4 Å². The first-order valence-electron chi connectivity index (χ1n) is 14.3. The number of rotatable bonds is 10. The van der Waals surface area contributed by atoms with Crippen molar-refractivity contribution in [3.05, 3.63) is 132 Å². The van der Waals surface area contributed by atoms with E-state index in [0.717, 1.165) is 16.7 Å². The fraction of sp³-hybridized carbons (Fsp3) is 0.257. The van der Waals surface area contributed by atoms with Crippen LogP contribution in [0.3, 0.4) is 0 Å². The Morgan fingerprint density at radius 1 is 1.07 bits per heavy atom. The van der Waals surface area contributed by atoms with Gasteiger partial charge in [-0.2, -0.15) is 5.26 Å². The highest BCUT2D eigenvalue weighted by Crippen LogP contribution is 2.31. The zero-order chi connectivity index (χ0) is 31.2. The molecular weight excluding hydrogens is 574 g/mol. The largest absolute Gasteiger partial charge is 0.488 e. The van der Waals surface area contributed by atoms with Gasteiger partial charge in [-0.1, -0.05) is 85.8 Å². The molecule has 9 heteroatoms. The first kappa shape index (κ1) is 30.7. The quantitative estimate of drug-likeness (QED) is 0.186. The molecule has 1 aromatic heterocycles. The van der Waals surface area contributed by atoms with E-state index in [1.807, 2.05) is 66.7 Å². The fourth-order valence-corrected chi connectivity index (χ4v) is 6.08. The van der Waals surface area contributed by atoms with Crippen molar-refractivity contribution in [3.8, 4) is 11.8 Å². The van der Waals surface area contributed by atoms with E-state index in [-0.39, 0.29) is 25.4 Å². The normalized spacial score (nSPS) is 14.6. The van der Waals surface area contributed by atoms with Crippen LogP contribution in [0, 0.1) is 11.3 Å². The maximum atomic E-state index is 14.1. The molecule has 0 fully saturated rings. The van der Waals surface area contributed by atoms with Crippen molar-refractivity contribution in [2.45, 2.75) is 39.3 Å². The molecule has 2 heterocycles. The molecule has 3 aromatic carbocycles. The number of para-hydroxylation sites is 1. The molecule has 1 aliphatic heterocycles. The Balaban J connectivity index is 1.58. The van der Waals surface area contributed by atoms with Crippen molar-refractivity contribution in [1.82, 2.24) is 4.57 Å². The van der Waals surface area contributed by atoms with E-state index in [0.29, 0.717) is 43.4 Å². The second-order valence-electron chi connectivity index (χ2n) is 10.6. The number of allylic oxidation sites excluding steroid dienone is 1. The number of benzene rings is 3. The Morgan fingerprint density at radius 2 is 1.80 bits per heavy atom. The number of nitriles is 1. The van der Waals surface area contributed by atoms with Crippen molar-refractivity contribution in [3.63, 3.8) is 0 Å². The summed E-state index contributed by atoms with van der Waals surface area (Å²) < 4.78 is 18.7. The molecule has 0 saturated carbocycles. The molecular formula is C35H33N3O5S. The molecule has 8 nitrogen and oxygen atoms in total. The van der Waals surface area contributed by atoms with Crippen LogP contribution in [0.1, 0.15) is 60.5 Å². The zero-order valence-corrected chi connectivity index (χ0v) is 25.9. The number of nitrogens with zero attached hydrogens (tertiary/aromatic N) is 3. The van der Waals surface area contributed by atoms with E-state index < -0.39 is 12.0 Å². The summed E-state index contributed by atoms with van der Waals surface area (Å²) in [6.07, 6.45) is 1.78. The molecule has 0 N–H and O–H groups in total. The number of hydrogen-bond acceptors (Lipinski definition) is 8. The highest BCUT2D eigenvalue weighted by atomic mass is 32.1. The van der Waals surface area contributed by atoms with E-state index in [1.54, 1.807) is 23.6 Å². The van der Waals surface area contributed by atoms with E-state index >= 15 is 0 Å². The molecule has 4 aromatic rings. The van der Waals surface area contributed by atoms with Gasteiger partial charge in [-0.25, -0.2) is 9.79 Å². The topological polar surface area (TPSA) is 103 Å². The van der Waals surface area contributed by atoms with E-state index in [4.69, 9.17) is 14.2 Å². The Hall–Kier alpha value is -4.78. The molecule has 1 atom stereocenters. The predicted octanol–water partition coefficient (Wildman–Crippen LogP) is 5.00. The predicted molar refractivity (Wildman–Crippen MR) is 169 cm³/mol. The highest BCUT2D eigenvalue weighted by Gasteiger charge is 2.33. The summed E-state index contributed by atoms with van der Waals surface area (Å²) in [5.41, 5.74) is 4.51. The number of hydrogen-bond donors (Lipinski definition) is 0. The Bertz CT molecular complexity index is 1930. The Labute approximate surface area is 259 Å². The SMILES string of the molecule is COCCOC(=O)C1=C(C)N=c2sc(=Cc3ccccc3OCc3ccccc3C#N)c(=O)n2C1c1ccc(C(C)C)cc1. The van der Waals surface area contributed by atoms with Crippen LogP contribution in [0.5, 0.6) is 5.75 Å². The minimum Gasteiger partial charge on any atom is -0.488 e. The van der Waals surface area contributed by atoms with Crippen LogP contribution >= 0.6 is 11.3 Å². The molecule has 0 saturated heterocycles. The average Bonchev–Trinajstić information content (AvgIpc) is 3.33. The molecule has 1 unspecified atom stereocenters. The zero-order valence-electron chi connectivity index (χ0n) is 25.1. The molecule has 1 aliphatic rings. The summed E-state index contributed by atoms with van der Waals surface area (Å²) in [6.45, 7) is 6.55. The third-order valence-corrected chi connectivity index (χ3v) is 8.39. The van der Waals surface area contributed by atoms with E-state index in [2.05, 4.69) is 24.9 Å². The van der Waals surface area contributed by atoms with Gasteiger partial charge in [0.2, 0.25) is 0 Å². The van der Waals surface area contributed by atoms with Gasteiger partial charge in [0.15, 0.2) is 4.80 Å². The van der Waals surface area contributed by atoms with Crippen molar-refractivity contribution < 1.29 is 19.0 Å². The van der Waals surface area contributed by atoms with Gasteiger partial charge in [0.25, 0.3) is 5.56 Å². The van der Waals surface area contributed by atoms with Crippen LogP contribution < -0.4 is 19.6 Å². The number of methoxy groups -OCH3 is 1. The summed E-state index contributed by atoms with van der Waals surface area (Å²) in [6, 6.07) is 24.2. The standard InChI is InChI=1S/C35H33N3O5S/c1-22(2)24-13-15-25(16-14-24)32-31(34(40)42-18-17-41-4)23(3)37-35-38(32)33(39)30(44-35)19-26-9-7-8-12-29(26)43-21-28-11-6-5-10-27(28)20-36/h5-16,19,22,32H,17-18,21H2,1-4H3. The monoisotopic (exact) mass is 607 g/mol.